The minimum Gasteiger partial charge on any atom is -0.366 e. The highest BCUT2D eigenvalue weighted by molar-refractivity contribution is 5.49. The van der Waals surface area contributed by atoms with E-state index in [9.17, 15) is 0 Å². The monoisotopic (exact) mass is 232 g/mol. The number of hydrogen-bond donors (Lipinski definition) is 1. The molecule has 0 bridgehead atoms. The average Bonchev–Trinajstić information content (AvgIpc) is 2.39. The maximum atomic E-state index is 3.47. The van der Waals surface area contributed by atoms with Crippen molar-refractivity contribution in [3.05, 3.63) is 29.8 Å². The van der Waals surface area contributed by atoms with Gasteiger partial charge in [-0.25, -0.2) is 0 Å². The van der Waals surface area contributed by atoms with E-state index in [1.807, 2.05) is 0 Å². The van der Waals surface area contributed by atoms with Crippen LogP contribution in [-0.2, 0) is 0 Å². The molecule has 2 heteroatoms. The Balaban J connectivity index is 2.15. The van der Waals surface area contributed by atoms with E-state index in [4.69, 9.17) is 0 Å². The minimum atomic E-state index is 0.619. The number of anilines is 1. The largest absolute Gasteiger partial charge is 0.366 e. The van der Waals surface area contributed by atoms with E-state index in [0.717, 1.165) is 19.6 Å². The molecule has 1 heterocycles. The third-order valence-corrected chi connectivity index (χ3v) is 3.71. The molecule has 1 saturated heterocycles. The molecule has 0 aromatic heterocycles. The summed E-state index contributed by atoms with van der Waals surface area (Å²) in [5.41, 5.74) is 2.81. The highest BCUT2D eigenvalue weighted by Crippen LogP contribution is 2.23. The van der Waals surface area contributed by atoms with Crippen molar-refractivity contribution in [2.24, 2.45) is 0 Å². The Kier molecular flexibility index (Phi) is 4.06. The topological polar surface area (TPSA) is 15.3 Å². The van der Waals surface area contributed by atoms with Crippen molar-refractivity contribution in [3.63, 3.8) is 0 Å². The van der Waals surface area contributed by atoms with E-state index < -0.39 is 0 Å². The molecule has 0 spiro atoms. The predicted molar refractivity (Wildman–Crippen MR) is 74.8 cm³/mol. The van der Waals surface area contributed by atoms with Crippen LogP contribution in [0.1, 0.15) is 38.7 Å². The molecule has 1 aromatic carbocycles. The highest BCUT2D eigenvalue weighted by Gasteiger charge is 2.20. The van der Waals surface area contributed by atoms with Crippen molar-refractivity contribution in [1.29, 1.82) is 0 Å². The van der Waals surface area contributed by atoms with Crippen LogP contribution in [0.15, 0.2) is 24.3 Å². The Labute approximate surface area is 105 Å². The molecule has 1 atom stereocenters. The number of benzene rings is 1. The van der Waals surface area contributed by atoms with Gasteiger partial charge < -0.3 is 10.2 Å². The molecule has 0 amide bonds. The van der Waals surface area contributed by atoms with Crippen LogP contribution in [0.4, 0.5) is 5.69 Å². The average molecular weight is 232 g/mol. The van der Waals surface area contributed by atoms with E-state index in [1.54, 1.807) is 0 Å². The lowest BCUT2D eigenvalue weighted by molar-refractivity contribution is 0.466. The first-order chi connectivity index (χ1) is 8.22. The number of nitrogens with zero attached hydrogens (tertiary/aromatic N) is 1. The van der Waals surface area contributed by atoms with Gasteiger partial charge in [0.2, 0.25) is 0 Å². The Morgan fingerprint density at radius 2 is 2.00 bits per heavy atom. The highest BCUT2D eigenvalue weighted by atomic mass is 15.2. The van der Waals surface area contributed by atoms with Crippen molar-refractivity contribution in [2.45, 2.75) is 39.2 Å². The lowest BCUT2D eigenvalue weighted by Gasteiger charge is -2.37. The Hall–Kier alpha value is -1.02. The minimum absolute atomic E-state index is 0.619. The summed E-state index contributed by atoms with van der Waals surface area (Å²) < 4.78 is 0. The fourth-order valence-corrected chi connectivity index (χ4v) is 2.52. The smallest absolute Gasteiger partial charge is 0.0412 e. The molecule has 94 valence electrons. The summed E-state index contributed by atoms with van der Waals surface area (Å²) >= 11 is 0. The molecule has 2 nitrogen and oxygen atoms in total. The van der Waals surface area contributed by atoms with Gasteiger partial charge in [-0.05, 0) is 30.0 Å². The van der Waals surface area contributed by atoms with Gasteiger partial charge in [0.15, 0.2) is 0 Å². The summed E-state index contributed by atoms with van der Waals surface area (Å²) in [6.45, 7) is 10.1. The first-order valence-corrected chi connectivity index (χ1v) is 6.79. The van der Waals surface area contributed by atoms with Gasteiger partial charge in [0.05, 0.1) is 0 Å². The number of nitrogens with one attached hydrogen (secondary N) is 1. The lowest BCUT2D eigenvalue weighted by Crippen LogP contribution is -2.51. The maximum Gasteiger partial charge on any atom is 0.0412 e. The van der Waals surface area contributed by atoms with Crippen molar-refractivity contribution < 1.29 is 0 Å². The second-order valence-electron chi connectivity index (χ2n) is 5.21. The van der Waals surface area contributed by atoms with Crippen molar-refractivity contribution in [3.8, 4) is 0 Å². The third kappa shape index (κ3) is 2.81. The Morgan fingerprint density at radius 1 is 1.29 bits per heavy atom. The van der Waals surface area contributed by atoms with Gasteiger partial charge in [0.1, 0.15) is 0 Å². The van der Waals surface area contributed by atoms with E-state index >= 15 is 0 Å². The van der Waals surface area contributed by atoms with E-state index in [2.05, 4.69) is 55.3 Å². The SMILES string of the molecule is CCC1CNCCN1c1ccc(C(C)C)cc1. The summed E-state index contributed by atoms with van der Waals surface area (Å²) in [6.07, 6.45) is 1.21. The Bertz CT molecular complexity index is 342. The van der Waals surface area contributed by atoms with Gasteiger partial charge in [-0.2, -0.15) is 0 Å². The van der Waals surface area contributed by atoms with E-state index in [1.165, 1.54) is 17.7 Å². The lowest BCUT2D eigenvalue weighted by atomic mass is 10.0. The van der Waals surface area contributed by atoms with Crippen LogP contribution in [0.3, 0.4) is 0 Å². The third-order valence-electron chi connectivity index (χ3n) is 3.71. The van der Waals surface area contributed by atoms with Crippen LogP contribution in [-0.4, -0.2) is 25.7 Å². The molecular formula is C15H24N2. The normalized spacial score (nSPS) is 20.9. The van der Waals surface area contributed by atoms with E-state index in [0.29, 0.717) is 12.0 Å². The van der Waals surface area contributed by atoms with Gasteiger partial charge in [-0.1, -0.05) is 32.9 Å². The summed E-state index contributed by atoms with van der Waals surface area (Å²) in [6, 6.07) is 9.75. The molecule has 2 rings (SSSR count). The molecule has 0 radical (unpaired) electrons. The van der Waals surface area contributed by atoms with Gasteiger partial charge in [-0.15, -0.1) is 0 Å². The first kappa shape index (κ1) is 12.4. The van der Waals surface area contributed by atoms with E-state index in [-0.39, 0.29) is 0 Å². The first-order valence-electron chi connectivity index (χ1n) is 6.79. The number of piperazine rings is 1. The molecule has 1 aliphatic heterocycles. The molecule has 0 saturated carbocycles. The Morgan fingerprint density at radius 3 is 2.59 bits per heavy atom. The van der Waals surface area contributed by atoms with Crippen LogP contribution in [0.2, 0.25) is 0 Å². The molecule has 1 aromatic rings. The maximum absolute atomic E-state index is 3.47. The van der Waals surface area contributed by atoms with Crippen LogP contribution < -0.4 is 10.2 Å². The summed E-state index contributed by atoms with van der Waals surface area (Å²) in [5.74, 6) is 0.619. The quantitative estimate of drug-likeness (QED) is 0.862. The van der Waals surface area contributed by atoms with Crippen LogP contribution in [0.25, 0.3) is 0 Å². The second-order valence-corrected chi connectivity index (χ2v) is 5.21. The number of hydrogen-bond acceptors (Lipinski definition) is 2. The predicted octanol–water partition coefficient (Wildman–Crippen LogP) is 3.00. The van der Waals surface area contributed by atoms with Crippen molar-refractivity contribution in [1.82, 2.24) is 5.32 Å². The van der Waals surface area contributed by atoms with Crippen molar-refractivity contribution in [2.75, 3.05) is 24.5 Å². The molecule has 17 heavy (non-hydrogen) atoms. The number of rotatable bonds is 3. The standard InChI is InChI=1S/C15H24N2/c1-4-14-11-16-9-10-17(14)15-7-5-13(6-8-15)12(2)3/h5-8,12,14,16H,4,9-11H2,1-3H3. The van der Waals surface area contributed by atoms with Crippen LogP contribution >= 0.6 is 0 Å². The fourth-order valence-electron chi connectivity index (χ4n) is 2.52. The second kappa shape index (κ2) is 5.54. The summed E-state index contributed by atoms with van der Waals surface area (Å²) in [7, 11) is 0. The van der Waals surface area contributed by atoms with Gasteiger partial charge in [0.25, 0.3) is 0 Å². The molecular weight excluding hydrogens is 208 g/mol. The zero-order valence-electron chi connectivity index (χ0n) is 11.2. The molecule has 0 aliphatic carbocycles. The van der Waals surface area contributed by atoms with Crippen LogP contribution in [0.5, 0.6) is 0 Å². The summed E-state index contributed by atoms with van der Waals surface area (Å²) in [5, 5.41) is 3.47. The van der Waals surface area contributed by atoms with Crippen LogP contribution in [0, 0.1) is 0 Å². The van der Waals surface area contributed by atoms with Gasteiger partial charge in [-0.3, -0.25) is 0 Å². The zero-order valence-corrected chi connectivity index (χ0v) is 11.2. The molecule has 1 N–H and O–H groups in total. The van der Waals surface area contributed by atoms with Gasteiger partial charge in [0, 0.05) is 31.4 Å². The molecule has 1 unspecified atom stereocenters. The van der Waals surface area contributed by atoms with Gasteiger partial charge >= 0.3 is 0 Å². The zero-order chi connectivity index (χ0) is 12.3. The fraction of sp³-hybridized carbons (Fsp3) is 0.600. The molecule has 1 fully saturated rings. The summed E-state index contributed by atoms with van der Waals surface area (Å²) in [4.78, 5) is 2.54. The molecule has 1 aliphatic rings. The van der Waals surface area contributed by atoms with Crippen molar-refractivity contribution >= 4 is 5.69 Å².